The number of sulfonamides is 1. The van der Waals surface area contributed by atoms with Crippen LogP contribution < -0.4 is 14.4 Å². The Bertz CT molecular complexity index is 866. The third-order valence-corrected chi connectivity index (χ3v) is 5.53. The van der Waals surface area contributed by atoms with Crippen LogP contribution in [0.5, 0.6) is 5.75 Å². The number of hydrogen-bond acceptors (Lipinski definition) is 4. The van der Waals surface area contributed by atoms with Gasteiger partial charge in [-0.15, -0.1) is 0 Å². The monoisotopic (exact) mass is 360 g/mol. The van der Waals surface area contributed by atoms with Crippen molar-refractivity contribution in [3.8, 4) is 5.75 Å². The van der Waals surface area contributed by atoms with E-state index in [2.05, 4.69) is 4.72 Å². The summed E-state index contributed by atoms with van der Waals surface area (Å²) in [4.78, 5) is 13.7. The summed E-state index contributed by atoms with van der Waals surface area (Å²) in [5.41, 5.74) is 1.36. The SMILES string of the molecule is COc1ccc(S(=O)(=O)NCc2ccccc2)cc1N1CCCC1=O. The van der Waals surface area contributed by atoms with Gasteiger partial charge in [-0.25, -0.2) is 13.1 Å². The molecule has 7 heteroatoms. The quantitative estimate of drug-likeness (QED) is 0.858. The number of hydrogen-bond donors (Lipinski definition) is 1. The van der Waals surface area contributed by atoms with E-state index in [-0.39, 0.29) is 17.3 Å². The van der Waals surface area contributed by atoms with Crippen molar-refractivity contribution < 1.29 is 17.9 Å². The average molecular weight is 360 g/mol. The molecule has 0 atom stereocenters. The van der Waals surface area contributed by atoms with Gasteiger partial charge in [0.05, 0.1) is 17.7 Å². The van der Waals surface area contributed by atoms with Gasteiger partial charge in [0.1, 0.15) is 5.75 Å². The Morgan fingerprint density at radius 1 is 1.16 bits per heavy atom. The number of rotatable bonds is 6. The molecule has 1 fully saturated rings. The Morgan fingerprint density at radius 3 is 2.56 bits per heavy atom. The average Bonchev–Trinajstić information content (AvgIpc) is 3.06. The van der Waals surface area contributed by atoms with E-state index in [1.807, 2.05) is 30.3 Å². The zero-order valence-electron chi connectivity index (χ0n) is 13.9. The molecule has 1 aliphatic heterocycles. The van der Waals surface area contributed by atoms with E-state index in [1.165, 1.54) is 19.2 Å². The van der Waals surface area contributed by atoms with Crippen LogP contribution in [0.3, 0.4) is 0 Å². The first-order valence-corrected chi connectivity index (χ1v) is 9.51. The molecule has 6 nitrogen and oxygen atoms in total. The van der Waals surface area contributed by atoms with Crippen molar-refractivity contribution in [2.75, 3.05) is 18.6 Å². The molecule has 1 heterocycles. The first-order chi connectivity index (χ1) is 12.0. The maximum Gasteiger partial charge on any atom is 0.240 e. The molecule has 0 unspecified atom stereocenters. The second-order valence-electron chi connectivity index (χ2n) is 5.79. The fraction of sp³-hybridized carbons (Fsp3) is 0.278. The molecule has 1 aliphatic rings. The van der Waals surface area contributed by atoms with Crippen LogP contribution in [0, 0.1) is 0 Å². The van der Waals surface area contributed by atoms with E-state index in [1.54, 1.807) is 11.0 Å². The first kappa shape index (κ1) is 17.4. The summed E-state index contributed by atoms with van der Waals surface area (Å²) < 4.78 is 33.1. The number of carbonyl (C=O) groups is 1. The van der Waals surface area contributed by atoms with Crippen LogP contribution >= 0.6 is 0 Å². The van der Waals surface area contributed by atoms with Gasteiger partial charge in [0.15, 0.2) is 0 Å². The van der Waals surface area contributed by atoms with Crippen molar-refractivity contribution in [3.63, 3.8) is 0 Å². The molecule has 0 aliphatic carbocycles. The topological polar surface area (TPSA) is 75.7 Å². The minimum Gasteiger partial charge on any atom is -0.495 e. The molecule has 2 aromatic carbocycles. The third-order valence-electron chi connectivity index (χ3n) is 4.13. The minimum atomic E-state index is -3.70. The number of amides is 1. The number of ether oxygens (including phenoxy) is 1. The zero-order chi connectivity index (χ0) is 17.9. The number of carbonyl (C=O) groups excluding carboxylic acids is 1. The first-order valence-electron chi connectivity index (χ1n) is 8.03. The third kappa shape index (κ3) is 3.83. The summed E-state index contributed by atoms with van der Waals surface area (Å²) in [7, 11) is -2.20. The number of anilines is 1. The highest BCUT2D eigenvalue weighted by atomic mass is 32.2. The fourth-order valence-electron chi connectivity index (χ4n) is 2.81. The van der Waals surface area contributed by atoms with E-state index in [0.717, 1.165) is 12.0 Å². The lowest BCUT2D eigenvalue weighted by Gasteiger charge is -2.20. The van der Waals surface area contributed by atoms with Gasteiger partial charge in [0.25, 0.3) is 0 Å². The van der Waals surface area contributed by atoms with Gasteiger partial charge in [-0.2, -0.15) is 0 Å². The Labute approximate surface area is 147 Å². The Balaban J connectivity index is 1.87. The van der Waals surface area contributed by atoms with E-state index in [9.17, 15) is 13.2 Å². The molecule has 1 saturated heterocycles. The second-order valence-corrected chi connectivity index (χ2v) is 7.56. The maximum atomic E-state index is 12.6. The van der Waals surface area contributed by atoms with Crippen LogP contribution in [0.4, 0.5) is 5.69 Å². The van der Waals surface area contributed by atoms with E-state index in [4.69, 9.17) is 4.74 Å². The molecule has 1 amide bonds. The summed E-state index contributed by atoms with van der Waals surface area (Å²) in [6, 6.07) is 13.8. The lowest BCUT2D eigenvalue weighted by atomic mass is 10.2. The molecule has 3 rings (SSSR count). The summed E-state index contributed by atoms with van der Waals surface area (Å²) in [5.74, 6) is 0.461. The van der Waals surface area contributed by atoms with Gasteiger partial charge in [-0.05, 0) is 30.2 Å². The predicted octanol–water partition coefficient (Wildman–Crippen LogP) is 2.30. The Kier molecular flexibility index (Phi) is 5.06. The zero-order valence-corrected chi connectivity index (χ0v) is 14.8. The van der Waals surface area contributed by atoms with Crippen LogP contribution in [-0.2, 0) is 21.4 Å². The summed E-state index contributed by atoms with van der Waals surface area (Å²) in [6.07, 6.45) is 1.22. The predicted molar refractivity (Wildman–Crippen MR) is 95.0 cm³/mol. The smallest absolute Gasteiger partial charge is 0.240 e. The van der Waals surface area contributed by atoms with Gasteiger partial charge in [-0.3, -0.25) is 4.79 Å². The van der Waals surface area contributed by atoms with Crippen LogP contribution in [-0.4, -0.2) is 28.0 Å². The summed E-state index contributed by atoms with van der Waals surface area (Å²) >= 11 is 0. The van der Waals surface area contributed by atoms with Crippen LogP contribution in [0.25, 0.3) is 0 Å². The normalized spacial score (nSPS) is 14.8. The van der Waals surface area contributed by atoms with Crippen molar-refractivity contribution in [2.45, 2.75) is 24.3 Å². The van der Waals surface area contributed by atoms with Crippen molar-refractivity contribution in [1.29, 1.82) is 0 Å². The molecule has 0 aromatic heterocycles. The van der Waals surface area contributed by atoms with Crippen molar-refractivity contribution in [1.82, 2.24) is 4.72 Å². The van der Waals surface area contributed by atoms with Gasteiger partial charge in [0, 0.05) is 19.5 Å². The highest BCUT2D eigenvalue weighted by Gasteiger charge is 2.26. The van der Waals surface area contributed by atoms with Crippen molar-refractivity contribution in [3.05, 3.63) is 54.1 Å². The fourth-order valence-corrected chi connectivity index (χ4v) is 3.85. The van der Waals surface area contributed by atoms with Gasteiger partial charge < -0.3 is 9.64 Å². The highest BCUT2D eigenvalue weighted by Crippen LogP contribution is 2.33. The largest absolute Gasteiger partial charge is 0.495 e. The molecule has 2 aromatic rings. The molecule has 0 spiro atoms. The maximum absolute atomic E-state index is 12.6. The molecule has 0 radical (unpaired) electrons. The number of nitrogens with zero attached hydrogens (tertiary/aromatic N) is 1. The Hall–Kier alpha value is -2.38. The Morgan fingerprint density at radius 2 is 1.92 bits per heavy atom. The number of benzene rings is 2. The highest BCUT2D eigenvalue weighted by molar-refractivity contribution is 7.89. The summed E-state index contributed by atoms with van der Waals surface area (Å²) in [5, 5.41) is 0. The van der Waals surface area contributed by atoms with Crippen LogP contribution in [0.2, 0.25) is 0 Å². The standard InChI is InChI=1S/C18H20N2O4S/c1-24-17-10-9-15(12-16(17)20-11-5-8-18(20)21)25(22,23)19-13-14-6-3-2-4-7-14/h2-4,6-7,9-10,12,19H,5,8,11,13H2,1H3. The van der Waals surface area contributed by atoms with Gasteiger partial charge >= 0.3 is 0 Å². The minimum absolute atomic E-state index is 0.0231. The van der Waals surface area contributed by atoms with Crippen LogP contribution in [0.1, 0.15) is 18.4 Å². The van der Waals surface area contributed by atoms with Gasteiger partial charge in [-0.1, -0.05) is 30.3 Å². The molecule has 0 saturated carbocycles. The van der Waals surface area contributed by atoms with Crippen LogP contribution in [0.15, 0.2) is 53.4 Å². The van der Waals surface area contributed by atoms with E-state index < -0.39 is 10.0 Å². The molecule has 0 bridgehead atoms. The van der Waals surface area contributed by atoms with Gasteiger partial charge in [0.2, 0.25) is 15.9 Å². The molecular weight excluding hydrogens is 340 g/mol. The van der Waals surface area contributed by atoms with E-state index in [0.29, 0.717) is 24.4 Å². The van der Waals surface area contributed by atoms with Crippen molar-refractivity contribution in [2.24, 2.45) is 0 Å². The molecule has 1 N–H and O–H groups in total. The summed E-state index contributed by atoms with van der Waals surface area (Å²) in [6.45, 7) is 0.767. The molecular formula is C18H20N2O4S. The lowest BCUT2D eigenvalue weighted by Crippen LogP contribution is -2.26. The van der Waals surface area contributed by atoms with E-state index >= 15 is 0 Å². The van der Waals surface area contributed by atoms with Crippen molar-refractivity contribution >= 4 is 21.6 Å². The molecule has 25 heavy (non-hydrogen) atoms. The lowest BCUT2D eigenvalue weighted by molar-refractivity contribution is -0.117. The second kappa shape index (κ2) is 7.25. The number of nitrogens with one attached hydrogen (secondary N) is 1. The number of methoxy groups -OCH3 is 1. The molecule has 132 valence electrons.